The lowest BCUT2D eigenvalue weighted by Crippen LogP contribution is -2.41. The number of likely N-dealkylation sites (tertiary alicyclic amines) is 1. The zero-order valence-corrected chi connectivity index (χ0v) is 12.5. The summed E-state index contributed by atoms with van der Waals surface area (Å²) in [7, 11) is 0. The molecule has 0 spiro atoms. The summed E-state index contributed by atoms with van der Waals surface area (Å²) in [6.45, 7) is 3.09. The molecule has 0 unspecified atom stereocenters. The van der Waals surface area contributed by atoms with Crippen molar-refractivity contribution in [3.8, 4) is 0 Å². The summed E-state index contributed by atoms with van der Waals surface area (Å²) in [6, 6.07) is 6.10. The minimum atomic E-state index is 0.136. The van der Waals surface area contributed by atoms with Crippen molar-refractivity contribution in [1.29, 1.82) is 0 Å². The normalized spacial score (nSPS) is 28.5. The highest BCUT2D eigenvalue weighted by Crippen LogP contribution is 2.40. The van der Waals surface area contributed by atoms with E-state index in [1.54, 1.807) is 12.5 Å². The van der Waals surface area contributed by atoms with Crippen LogP contribution in [-0.2, 0) is 11.3 Å². The summed E-state index contributed by atoms with van der Waals surface area (Å²) in [6.07, 6.45) is 9.92. The van der Waals surface area contributed by atoms with Crippen molar-refractivity contribution in [3.63, 3.8) is 0 Å². The van der Waals surface area contributed by atoms with E-state index in [0.29, 0.717) is 12.0 Å². The van der Waals surface area contributed by atoms with Gasteiger partial charge in [-0.2, -0.15) is 0 Å². The maximum atomic E-state index is 6.27. The van der Waals surface area contributed by atoms with Crippen molar-refractivity contribution in [2.75, 3.05) is 13.1 Å². The van der Waals surface area contributed by atoms with Gasteiger partial charge >= 0.3 is 0 Å². The molecule has 2 fully saturated rings. The fraction of sp³-hybridized carbons (Fsp3) is 0.471. The Kier molecular flexibility index (Phi) is 3.83. The predicted octanol–water partition coefficient (Wildman–Crippen LogP) is 2.22. The third kappa shape index (κ3) is 2.87. The highest BCUT2D eigenvalue weighted by atomic mass is 16.5. The van der Waals surface area contributed by atoms with E-state index >= 15 is 0 Å². The van der Waals surface area contributed by atoms with Crippen molar-refractivity contribution in [3.05, 3.63) is 54.4 Å². The predicted molar refractivity (Wildman–Crippen MR) is 81.9 cm³/mol. The first kappa shape index (κ1) is 13.8. The van der Waals surface area contributed by atoms with E-state index < -0.39 is 0 Å². The van der Waals surface area contributed by atoms with Gasteiger partial charge in [0.05, 0.1) is 11.8 Å². The quantitative estimate of drug-likeness (QED) is 0.869. The molecule has 2 aromatic rings. The number of fused-ring (bicyclic) bond motifs is 1. The molecule has 0 amide bonds. The van der Waals surface area contributed by atoms with Crippen molar-refractivity contribution in [2.24, 2.45) is 5.92 Å². The standard InChI is InChI=1S/C17H20N4O/c1-2-13(9-18-5-1)10-21-7-4-14-8-16(22-17(14)11-21)15-3-6-19-12-20-15/h1-3,5-6,9,12,14,16-17H,4,7-8,10-11H2/t14-,16+,17+/m0/s1. The second-order valence-corrected chi connectivity index (χ2v) is 6.18. The van der Waals surface area contributed by atoms with Gasteiger partial charge in [0.2, 0.25) is 0 Å². The largest absolute Gasteiger partial charge is 0.367 e. The third-order valence-electron chi connectivity index (χ3n) is 4.70. The van der Waals surface area contributed by atoms with E-state index in [-0.39, 0.29) is 6.10 Å². The molecule has 0 bridgehead atoms. The van der Waals surface area contributed by atoms with Gasteiger partial charge in [-0.15, -0.1) is 0 Å². The van der Waals surface area contributed by atoms with Crippen LogP contribution in [0.3, 0.4) is 0 Å². The van der Waals surface area contributed by atoms with E-state index in [9.17, 15) is 0 Å². The number of hydrogen-bond donors (Lipinski definition) is 0. The molecule has 3 atom stereocenters. The maximum absolute atomic E-state index is 6.27. The van der Waals surface area contributed by atoms with Crippen LogP contribution in [0.5, 0.6) is 0 Å². The molecule has 2 aliphatic heterocycles. The zero-order chi connectivity index (χ0) is 14.8. The third-order valence-corrected chi connectivity index (χ3v) is 4.70. The first-order chi connectivity index (χ1) is 10.9. The van der Waals surface area contributed by atoms with Gasteiger partial charge in [-0.05, 0) is 43.0 Å². The molecule has 5 heteroatoms. The summed E-state index contributed by atoms with van der Waals surface area (Å²) in [5, 5.41) is 0. The van der Waals surface area contributed by atoms with Crippen molar-refractivity contribution in [1.82, 2.24) is 19.9 Å². The van der Waals surface area contributed by atoms with E-state index in [1.807, 2.05) is 24.5 Å². The molecule has 22 heavy (non-hydrogen) atoms. The average Bonchev–Trinajstić information content (AvgIpc) is 3.00. The fourth-order valence-corrected chi connectivity index (χ4v) is 3.57. The highest BCUT2D eigenvalue weighted by molar-refractivity contribution is 5.09. The van der Waals surface area contributed by atoms with Gasteiger partial charge in [-0.3, -0.25) is 9.88 Å². The minimum Gasteiger partial charge on any atom is -0.367 e. The second kappa shape index (κ2) is 6.10. The SMILES string of the molecule is c1cncc(CN2CC[C@H]3C[C@H](c4ccncn4)O[C@@H]3C2)c1. The average molecular weight is 296 g/mol. The topological polar surface area (TPSA) is 51.1 Å². The number of rotatable bonds is 3. The Morgan fingerprint density at radius 2 is 2.23 bits per heavy atom. The molecule has 4 rings (SSSR count). The molecule has 0 aromatic carbocycles. The summed E-state index contributed by atoms with van der Waals surface area (Å²) < 4.78 is 6.27. The Hall–Kier alpha value is -1.85. The lowest BCUT2D eigenvalue weighted by Gasteiger charge is -2.33. The molecule has 4 heterocycles. The van der Waals surface area contributed by atoms with Crippen LogP contribution in [0.2, 0.25) is 0 Å². The number of pyridine rings is 1. The van der Waals surface area contributed by atoms with Crippen molar-refractivity contribution < 1.29 is 4.74 Å². The van der Waals surface area contributed by atoms with Crippen LogP contribution < -0.4 is 0 Å². The molecule has 0 aliphatic carbocycles. The minimum absolute atomic E-state index is 0.136. The summed E-state index contributed by atoms with van der Waals surface area (Å²) in [5.41, 5.74) is 2.29. The Bertz CT molecular complexity index is 607. The van der Waals surface area contributed by atoms with Gasteiger partial charge in [0.15, 0.2) is 0 Å². The maximum Gasteiger partial charge on any atom is 0.115 e. The first-order valence-electron chi connectivity index (χ1n) is 7.91. The first-order valence-corrected chi connectivity index (χ1v) is 7.91. The number of nitrogens with zero attached hydrogens (tertiary/aromatic N) is 4. The zero-order valence-electron chi connectivity index (χ0n) is 12.5. The van der Waals surface area contributed by atoms with Gasteiger partial charge in [0.25, 0.3) is 0 Å². The van der Waals surface area contributed by atoms with Crippen LogP contribution in [0.4, 0.5) is 0 Å². The molecule has 0 N–H and O–H groups in total. The molecule has 2 aliphatic rings. The lowest BCUT2D eigenvalue weighted by molar-refractivity contribution is -0.0107. The molecular formula is C17H20N4O. The molecule has 114 valence electrons. The molecule has 5 nitrogen and oxygen atoms in total. The van der Waals surface area contributed by atoms with Crippen molar-refractivity contribution in [2.45, 2.75) is 31.6 Å². The smallest absolute Gasteiger partial charge is 0.115 e. The van der Waals surface area contributed by atoms with Gasteiger partial charge in [-0.25, -0.2) is 9.97 Å². The molecular weight excluding hydrogens is 276 g/mol. The monoisotopic (exact) mass is 296 g/mol. The Morgan fingerprint density at radius 1 is 1.23 bits per heavy atom. The Labute approximate surface area is 130 Å². The van der Waals surface area contributed by atoms with Crippen LogP contribution in [0.25, 0.3) is 0 Å². The van der Waals surface area contributed by atoms with E-state index in [0.717, 1.165) is 31.7 Å². The van der Waals surface area contributed by atoms with Crippen LogP contribution in [0.15, 0.2) is 43.1 Å². The second-order valence-electron chi connectivity index (χ2n) is 6.18. The molecule has 0 radical (unpaired) electrons. The number of hydrogen-bond acceptors (Lipinski definition) is 5. The van der Waals surface area contributed by atoms with Crippen LogP contribution >= 0.6 is 0 Å². The number of aromatic nitrogens is 3. The van der Waals surface area contributed by atoms with Crippen LogP contribution in [0, 0.1) is 5.92 Å². The summed E-state index contributed by atoms with van der Waals surface area (Å²) in [5.74, 6) is 0.658. The Morgan fingerprint density at radius 3 is 3.05 bits per heavy atom. The summed E-state index contributed by atoms with van der Waals surface area (Å²) >= 11 is 0. The van der Waals surface area contributed by atoms with E-state index in [2.05, 4.69) is 25.9 Å². The van der Waals surface area contributed by atoms with E-state index in [1.165, 1.54) is 12.0 Å². The van der Waals surface area contributed by atoms with Gasteiger partial charge in [0.1, 0.15) is 12.4 Å². The molecule has 0 saturated carbocycles. The van der Waals surface area contributed by atoms with Crippen LogP contribution in [0.1, 0.15) is 30.2 Å². The lowest BCUT2D eigenvalue weighted by atomic mass is 9.91. The number of ether oxygens (including phenoxy) is 1. The van der Waals surface area contributed by atoms with Crippen molar-refractivity contribution >= 4 is 0 Å². The molecule has 2 aromatic heterocycles. The highest BCUT2D eigenvalue weighted by Gasteiger charge is 2.39. The van der Waals surface area contributed by atoms with Gasteiger partial charge in [-0.1, -0.05) is 6.07 Å². The van der Waals surface area contributed by atoms with Gasteiger partial charge < -0.3 is 4.74 Å². The van der Waals surface area contributed by atoms with E-state index in [4.69, 9.17) is 4.74 Å². The van der Waals surface area contributed by atoms with Crippen LogP contribution in [-0.4, -0.2) is 39.0 Å². The Balaban J connectivity index is 1.39. The van der Waals surface area contributed by atoms with Gasteiger partial charge in [0, 0.05) is 31.7 Å². The fourth-order valence-electron chi connectivity index (χ4n) is 3.57. The number of piperidine rings is 1. The summed E-state index contributed by atoms with van der Waals surface area (Å²) in [4.78, 5) is 15.0. The molecule has 2 saturated heterocycles.